The molecule has 7 nitrogen and oxygen atoms in total. The summed E-state index contributed by atoms with van der Waals surface area (Å²) in [6.07, 6.45) is 3.37. The number of piperidine rings is 1. The van der Waals surface area contributed by atoms with Gasteiger partial charge in [0, 0.05) is 31.1 Å². The van der Waals surface area contributed by atoms with Crippen molar-refractivity contribution >= 4 is 29.2 Å². The van der Waals surface area contributed by atoms with E-state index in [4.69, 9.17) is 5.73 Å². The van der Waals surface area contributed by atoms with E-state index in [1.807, 2.05) is 11.8 Å². The number of carbonyl (C=O) groups excluding carboxylic acids is 2. The van der Waals surface area contributed by atoms with Crippen LogP contribution in [-0.4, -0.2) is 36.0 Å². The molecule has 0 saturated carbocycles. The highest BCUT2D eigenvalue weighted by atomic mass is 16.4. The molecule has 0 radical (unpaired) electrons. The van der Waals surface area contributed by atoms with Crippen molar-refractivity contribution in [1.82, 2.24) is 0 Å². The average molecular weight is 347 g/mol. The molecule has 0 bridgehead atoms. The molecule has 2 amide bonds. The first kappa shape index (κ1) is 18.8. The number of nitrogens with two attached hydrogens (primary N) is 1. The van der Waals surface area contributed by atoms with Gasteiger partial charge in [-0.15, -0.1) is 0 Å². The Hall–Kier alpha value is -2.57. The summed E-state index contributed by atoms with van der Waals surface area (Å²) in [5, 5.41) is 12.3. The smallest absolute Gasteiger partial charge is 0.337 e. The van der Waals surface area contributed by atoms with Crippen molar-refractivity contribution in [3.63, 3.8) is 0 Å². The number of carboxylic acid groups (broad SMARTS) is 1. The molecule has 136 valence electrons. The number of nitrogens with one attached hydrogen (secondary N) is 1. The first-order valence-corrected chi connectivity index (χ1v) is 8.63. The summed E-state index contributed by atoms with van der Waals surface area (Å²) in [7, 11) is 0. The Labute approximate surface area is 147 Å². The van der Waals surface area contributed by atoms with Crippen LogP contribution in [0.1, 0.15) is 49.4 Å². The molecule has 4 N–H and O–H groups in total. The predicted molar refractivity (Wildman–Crippen MR) is 95.7 cm³/mol. The van der Waals surface area contributed by atoms with Crippen LogP contribution in [0.15, 0.2) is 18.2 Å². The lowest BCUT2D eigenvalue weighted by molar-refractivity contribution is -0.122. The molecular formula is C18H25N3O4. The van der Waals surface area contributed by atoms with Gasteiger partial charge in [0.05, 0.1) is 11.3 Å². The summed E-state index contributed by atoms with van der Waals surface area (Å²) in [6.45, 7) is 3.16. The topological polar surface area (TPSA) is 113 Å². The van der Waals surface area contributed by atoms with Crippen molar-refractivity contribution in [3.8, 4) is 0 Å². The molecule has 1 aromatic carbocycles. The Morgan fingerprint density at radius 1 is 1.28 bits per heavy atom. The largest absolute Gasteiger partial charge is 0.478 e. The summed E-state index contributed by atoms with van der Waals surface area (Å²) in [6, 6.07) is 4.91. The maximum atomic E-state index is 11.8. The quantitative estimate of drug-likeness (QED) is 0.700. The number of nitrogens with zero attached hydrogens (tertiary/aromatic N) is 1. The van der Waals surface area contributed by atoms with Crippen LogP contribution in [0, 0.1) is 5.92 Å². The van der Waals surface area contributed by atoms with Gasteiger partial charge in [-0.1, -0.05) is 13.3 Å². The van der Waals surface area contributed by atoms with Crippen LogP contribution in [0.3, 0.4) is 0 Å². The van der Waals surface area contributed by atoms with Crippen molar-refractivity contribution in [2.75, 3.05) is 23.3 Å². The van der Waals surface area contributed by atoms with Crippen LogP contribution >= 0.6 is 0 Å². The van der Waals surface area contributed by atoms with Crippen molar-refractivity contribution in [2.45, 2.75) is 39.0 Å². The van der Waals surface area contributed by atoms with Gasteiger partial charge < -0.3 is 21.1 Å². The van der Waals surface area contributed by atoms with Crippen molar-refractivity contribution in [1.29, 1.82) is 0 Å². The summed E-state index contributed by atoms with van der Waals surface area (Å²) >= 11 is 0. The molecule has 25 heavy (non-hydrogen) atoms. The summed E-state index contributed by atoms with van der Waals surface area (Å²) in [5.41, 5.74) is 6.56. The van der Waals surface area contributed by atoms with E-state index in [1.54, 1.807) is 12.1 Å². The molecule has 7 heteroatoms. The van der Waals surface area contributed by atoms with Gasteiger partial charge >= 0.3 is 5.97 Å². The monoisotopic (exact) mass is 347 g/mol. The van der Waals surface area contributed by atoms with Crippen molar-refractivity contribution < 1.29 is 19.5 Å². The van der Waals surface area contributed by atoms with Gasteiger partial charge in [-0.25, -0.2) is 4.79 Å². The number of unbranched alkanes of at least 4 members (excludes halogenated alkanes) is 1. The van der Waals surface area contributed by atoms with Gasteiger partial charge in [0.25, 0.3) is 0 Å². The van der Waals surface area contributed by atoms with Crippen LogP contribution in [0.2, 0.25) is 0 Å². The zero-order valence-corrected chi connectivity index (χ0v) is 14.5. The molecule has 1 heterocycles. The van der Waals surface area contributed by atoms with E-state index in [0.29, 0.717) is 43.7 Å². The highest BCUT2D eigenvalue weighted by Gasteiger charge is 2.25. The fourth-order valence-corrected chi connectivity index (χ4v) is 3.03. The lowest BCUT2D eigenvalue weighted by Gasteiger charge is -2.33. The molecule has 2 rings (SSSR count). The third-order valence-corrected chi connectivity index (χ3v) is 4.51. The van der Waals surface area contributed by atoms with Crippen LogP contribution in [-0.2, 0) is 9.59 Å². The molecule has 0 aromatic heterocycles. The first-order chi connectivity index (χ1) is 11.9. The Bertz CT molecular complexity index is 652. The number of anilines is 2. The minimum atomic E-state index is -1.04. The molecule has 0 unspecified atom stereocenters. The summed E-state index contributed by atoms with van der Waals surface area (Å²) < 4.78 is 0. The Balaban J connectivity index is 2.13. The maximum absolute atomic E-state index is 11.8. The van der Waals surface area contributed by atoms with E-state index in [-0.39, 0.29) is 23.3 Å². The Morgan fingerprint density at radius 3 is 2.52 bits per heavy atom. The number of carbonyl (C=O) groups is 3. The second-order valence-corrected chi connectivity index (χ2v) is 6.35. The van der Waals surface area contributed by atoms with Gasteiger partial charge in [-0.05, 0) is 37.5 Å². The van der Waals surface area contributed by atoms with E-state index < -0.39 is 5.97 Å². The lowest BCUT2D eigenvalue weighted by atomic mass is 9.95. The number of aromatic carboxylic acids is 1. The number of benzene rings is 1. The molecule has 1 aliphatic rings. The van der Waals surface area contributed by atoms with Gasteiger partial charge in [-0.2, -0.15) is 0 Å². The maximum Gasteiger partial charge on any atom is 0.337 e. The third kappa shape index (κ3) is 4.95. The first-order valence-electron chi connectivity index (χ1n) is 8.63. The fraction of sp³-hybridized carbons (Fsp3) is 0.500. The van der Waals surface area contributed by atoms with Gasteiger partial charge in [0.1, 0.15) is 0 Å². The highest BCUT2D eigenvalue weighted by Crippen LogP contribution is 2.29. The van der Waals surface area contributed by atoms with E-state index in [1.165, 1.54) is 6.07 Å². The minimum absolute atomic E-state index is 0.117. The molecule has 1 saturated heterocycles. The molecule has 1 aromatic rings. The molecule has 0 atom stereocenters. The number of rotatable bonds is 7. The minimum Gasteiger partial charge on any atom is -0.478 e. The Kier molecular flexibility index (Phi) is 6.38. The summed E-state index contributed by atoms with van der Waals surface area (Å²) in [4.78, 5) is 36.7. The number of hydrogen-bond acceptors (Lipinski definition) is 4. The fourth-order valence-electron chi connectivity index (χ4n) is 3.03. The average Bonchev–Trinajstić information content (AvgIpc) is 2.60. The molecule has 1 fully saturated rings. The van der Waals surface area contributed by atoms with Crippen LogP contribution < -0.4 is 16.0 Å². The third-order valence-electron chi connectivity index (χ3n) is 4.51. The number of primary amides is 1. The zero-order valence-electron chi connectivity index (χ0n) is 14.5. The molecule has 1 aliphatic heterocycles. The lowest BCUT2D eigenvalue weighted by Crippen LogP contribution is -2.39. The van der Waals surface area contributed by atoms with E-state index in [9.17, 15) is 19.5 Å². The zero-order chi connectivity index (χ0) is 18.4. The normalized spacial score (nSPS) is 15.0. The number of amides is 2. The van der Waals surface area contributed by atoms with Crippen LogP contribution in [0.4, 0.5) is 11.4 Å². The van der Waals surface area contributed by atoms with E-state index in [0.717, 1.165) is 12.8 Å². The van der Waals surface area contributed by atoms with Gasteiger partial charge in [-0.3, -0.25) is 9.59 Å². The molecular weight excluding hydrogens is 322 g/mol. The van der Waals surface area contributed by atoms with E-state index in [2.05, 4.69) is 5.32 Å². The Morgan fingerprint density at radius 2 is 1.96 bits per heavy atom. The SMILES string of the molecule is CCCCC(=O)Nc1ccc(N2CCC(C(N)=O)CC2)c(C(=O)O)c1. The predicted octanol–water partition coefficient (Wildman–Crippen LogP) is 2.22. The van der Waals surface area contributed by atoms with Crippen molar-refractivity contribution in [3.05, 3.63) is 23.8 Å². The van der Waals surface area contributed by atoms with Gasteiger partial charge in [0.2, 0.25) is 11.8 Å². The summed E-state index contributed by atoms with van der Waals surface area (Å²) in [5.74, 6) is -1.62. The standard InChI is InChI=1S/C18H25N3O4/c1-2-3-4-16(22)20-13-5-6-15(14(11-13)18(24)25)21-9-7-12(8-10-21)17(19)23/h5-6,11-12H,2-4,7-10H2,1H3,(H2,19,23)(H,20,22)(H,24,25). The van der Waals surface area contributed by atoms with Crippen LogP contribution in [0.5, 0.6) is 0 Å². The molecule has 0 spiro atoms. The molecule has 0 aliphatic carbocycles. The highest BCUT2D eigenvalue weighted by molar-refractivity contribution is 5.98. The van der Waals surface area contributed by atoms with Crippen molar-refractivity contribution in [2.24, 2.45) is 11.7 Å². The second-order valence-electron chi connectivity index (χ2n) is 6.35. The number of hydrogen-bond donors (Lipinski definition) is 3. The van der Waals surface area contributed by atoms with E-state index >= 15 is 0 Å². The van der Waals surface area contributed by atoms with Gasteiger partial charge in [0.15, 0.2) is 0 Å². The number of carboxylic acids is 1. The van der Waals surface area contributed by atoms with Crippen LogP contribution in [0.25, 0.3) is 0 Å². The second kappa shape index (κ2) is 8.50.